The normalized spacial score (nSPS) is 11.6. The molecule has 0 saturated heterocycles. The largest absolute Gasteiger partial charge is 0.282 e. The van der Waals surface area contributed by atoms with Gasteiger partial charge >= 0.3 is 0 Å². The number of rotatable bonds is 8. The molecule has 0 N–H and O–H groups in total. The Bertz CT molecular complexity index is 3360. The summed E-state index contributed by atoms with van der Waals surface area (Å²) in [5.74, 6) is -71.4. The quantitative estimate of drug-likeness (QED) is 0.0283. The van der Waals surface area contributed by atoms with Crippen LogP contribution in [-0.4, -0.2) is 11.9 Å². The standard InChI is InChI=1S/C27H20NO.C24BF20/c29-27(25-16-8-9-17-28(25)19-20-10-2-1-3-11-20)26-23-14-6-4-12-21(23)18-22-13-5-7-15-24(22)26;26-5-1(6(27)14(35)21(42)13(5)34)25(2-7(28)15(36)22(43)16(37)8(2)29,3-9(30)17(38)23(44)18(39)10(3)31)4-11(32)19(40)24(45)20(41)12(4)33/h1-18H,19H2;/q+1;-1. The van der Waals surface area contributed by atoms with Crippen LogP contribution in [0.2, 0.25) is 0 Å². The first-order valence-electron chi connectivity index (χ1n) is 20.7. The molecule has 0 aliphatic carbocycles. The molecule has 23 heteroatoms. The molecular formula is C51H20BF20NO. The van der Waals surface area contributed by atoms with Crippen LogP contribution in [0.3, 0.4) is 0 Å². The number of ketones is 1. The third-order valence-corrected chi connectivity index (χ3v) is 12.1. The average molecular weight is 1050 g/mol. The first-order chi connectivity index (χ1) is 35.0. The van der Waals surface area contributed by atoms with Crippen LogP contribution in [0.25, 0.3) is 21.5 Å². The Labute approximate surface area is 400 Å². The topological polar surface area (TPSA) is 20.9 Å². The van der Waals surface area contributed by atoms with Gasteiger partial charge in [0.15, 0.2) is 82.5 Å². The summed E-state index contributed by atoms with van der Waals surface area (Å²) < 4.78 is 296. The summed E-state index contributed by atoms with van der Waals surface area (Å²) in [5, 5.41) is 4.15. The van der Waals surface area contributed by atoms with E-state index in [2.05, 4.69) is 30.3 Å². The van der Waals surface area contributed by atoms with Crippen molar-refractivity contribution < 1.29 is 97.2 Å². The number of hydrogen-bond donors (Lipinski definition) is 0. The molecule has 0 aliphatic heterocycles. The Morgan fingerprint density at radius 3 is 0.959 bits per heavy atom. The highest BCUT2D eigenvalue weighted by Gasteiger charge is 2.52. The Balaban J connectivity index is 0.000000215. The van der Waals surface area contributed by atoms with E-state index in [1.165, 1.54) is 5.56 Å². The predicted molar refractivity (Wildman–Crippen MR) is 226 cm³/mol. The van der Waals surface area contributed by atoms with Crippen molar-refractivity contribution >= 4 is 55.3 Å². The van der Waals surface area contributed by atoms with E-state index in [0.717, 1.165) is 27.1 Å². The molecule has 2 nitrogen and oxygen atoms in total. The van der Waals surface area contributed by atoms with Gasteiger partial charge < -0.3 is 0 Å². The van der Waals surface area contributed by atoms with Gasteiger partial charge in [0, 0.05) is 23.3 Å². The second-order valence-corrected chi connectivity index (χ2v) is 16.0. The monoisotopic (exact) mass is 1050 g/mol. The molecule has 0 fully saturated rings. The number of hydrogen-bond acceptors (Lipinski definition) is 1. The number of carbonyl (C=O) groups excluding carboxylic acids is 1. The Morgan fingerprint density at radius 2 is 0.622 bits per heavy atom. The highest BCUT2D eigenvalue weighted by atomic mass is 19.2. The van der Waals surface area contributed by atoms with E-state index in [4.69, 9.17) is 0 Å². The van der Waals surface area contributed by atoms with Gasteiger partial charge in [0.25, 0.3) is 11.5 Å². The van der Waals surface area contributed by atoms with Crippen molar-refractivity contribution in [3.63, 3.8) is 0 Å². The summed E-state index contributed by atoms with van der Waals surface area (Å²) in [6, 6.07) is 34.5. The molecule has 1 heterocycles. The van der Waals surface area contributed by atoms with Gasteiger partial charge in [0.1, 0.15) is 52.7 Å². The molecule has 0 aliphatic rings. The fraction of sp³-hybridized carbons (Fsp3) is 0.0196. The molecule has 0 amide bonds. The van der Waals surface area contributed by atoms with Crippen molar-refractivity contribution in [2.45, 2.75) is 6.54 Å². The zero-order valence-corrected chi connectivity index (χ0v) is 36.1. The van der Waals surface area contributed by atoms with Gasteiger partial charge in [0.05, 0.1) is 0 Å². The molecule has 0 bridgehead atoms. The molecule has 1 aromatic heterocycles. The fourth-order valence-electron chi connectivity index (χ4n) is 8.86. The van der Waals surface area contributed by atoms with Gasteiger partial charge in [-0.2, -0.15) is 4.57 Å². The van der Waals surface area contributed by atoms with E-state index in [1.54, 1.807) is 0 Å². The van der Waals surface area contributed by atoms with Crippen molar-refractivity contribution in [2.24, 2.45) is 0 Å². The summed E-state index contributed by atoms with van der Waals surface area (Å²) in [6.45, 7) is 0.658. The van der Waals surface area contributed by atoms with Gasteiger partial charge in [-0.1, -0.05) is 78.9 Å². The minimum absolute atomic E-state index is 0.0505. The highest BCUT2D eigenvalue weighted by Crippen LogP contribution is 2.33. The third kappa shape index (κ3) is 8.04. The third-order valence-electron chi connectivity index (χ3n) is 12.1. The Kier molecular flexibility index (Phi) is 13.8. The van der Waals surface area contributed by atoms with Crippen molar-refractivity contribution in [1.29, 1.82) is 0 Å². The molecule has 0 radical (unpaired) electrons. The maximum absolute atomic E-state index is 15.4. The minimum Gasteiger partial charge on any atom is -0.282 e. The van der Waals surface area contributed by atoms with E-state index < -0.39 is 144 Å². The molecule has 74 heavy (non-hydrogen) atoms. The van der Waals surface area contributed by atoms with Crippen LogP contribution < -0.4 is 26.4 Å². The molecule has 9 aromatic rings. The SMILES string of the molecule is Fc1c(F)c(F)c([B-](c2c(F)c(F)c(F)c(F)c2F)(c2c(F)c(F)c(F)c(F)c2F)c2c(F)c(F)c(F)c(F)c2F)c(F)c1F.O=C(c1c2ccccc2cc2ccccc12)c1cccc[n+]1Cc1ccccc1. The lowest BCUT2D eigenvalue weighted by Crippen LogP contribution is -2.81. The molecule has 0 atom stereocenters. The van der Waals surface area contributed by atoms with E-state index in [0.29, 0.717) is 12.2 Å². The summed E-state index contributed by atoms with van der Waals surface area (Å²) in [7, 11) is 0. The van der Waals surface area contributed by atoms with Crippen LogP contribution in [0.15, 0.2) is 109 Å². The van der Waals surface area contributed by atoms with Crippen molar-refractivity contribution in [1.82, 2.24) is 0 Å². The maximum atomic E-state index is 15.4. The molecule has 8 aromatic carbocycles. The maximum Gasteiger partial charge on any atom is 0.258 e. The number of aromatic nitrogens is 1. The van der Waals surface area contributed by atoms with E-state index in [9.17, 15) is 57.5 Å². The van der Waals surface area contributed by atoms with Gasteiger partial charge in [-0.05, 0) is 33.7 Å². The van der Waals surface area contributed by atoms with Gasteiger partial charge in [0.2, 0.25) is 0 Å². The molecule has 0 spiro atoms. The molecule has 9 rings (SSSR count). The highest BCUT2D eigenvalue weighted by molar-refractivity contribution is 7.20. The first-order valence-corrected chi connectivity index (χ1v) is 20.7. The van der Waals surface area contributed by atoms with Gasteiger partial charge in [-0.25, -0.2) is 87.8 Å². The molecular weight excluding hydrogens is 1030 g/mol. The van der Waals surface area contributed by atoms with Crippen molar-refractivity contribution in [3.05, 3.63) is 242 Å². The Hall–Kier alpha value is -8.24. The predicted octanol–water partition coefficient (Wildman–Crippen LogP) is 11.4. The summed E-state index contributed by atoms with van der Waals surface area (Å²) in [5.41, 5.74) is -11.7. The van der Waals surface area contributed by atoms with Crippen LogP contribution in [0.1, 0.15) is 21.6 Å². The Morgan fingerprint density at radius 1 is 0.338 bits per heavy atom. The van der Waals surface area contributed by atoms with Crippen LogP contribution in [-0.2, 0) is 6.54 Å². The number of nitrogens with zero attached hydrogens (tertiary/aromatic N) is 1. The summed E-state index contributed by atoms with van der Waals surface area (Å²) in [6.07, 6.45) is -5.24. The molecule has 0 unspecified atom stereocenters. The lowest BCUT2D eigenvalue weighted by atomic mass is 9.12. The molecule has 378 valence electrons. The first kappa shape index (κ1) is 52.1. The smallest absolute Gasteiger partial charge is 0.258 e. The van der Waals surface area contributed by atoms with E-state index in [-0.39, 0.29) is 5.78 Å². The zero-order valence-electron chi connectivity index (χ0n) is 36.1. The summed E-state index contributed by atoms with van der Waals surface area (Å²) >= 11 is 0. The lowest BCUT2D eigenvalue weighted by molar-refractivity contribution is -0.690. The number of halogens is 20. The minimum atomic E-state index is -7.22. The lowest BCUT2D eigenvalue weighted by Gasteiger charge is -2.44. The fourth-order valence-corrected chi connectivity index (χ4v) is 8.86. The number of carbonyl (C=O) groups is 1. The average Bonchev–Trinajstić information content (AvgIpc) is 3.40. The number of benzene rings is 8. The zero-order chi connectivity index (χ0) is 54.0. The summed E-state index contributed by atoms with van der Waals surface area (Å²) in [4.78, 5) is 13.9. The number of fused-ring (bicyclic) bond motifs is 2. The van der Waals surface area contributed by atoms with Gasteiger partial charge in [-0.15, -0.1) is 21.9 Å². The van der Waals surface area contributed by atoms with Crippen LogP contribution in [0.5, 0.6) is 0 Å². The van der Waals surface area contributed by atoms with E-state index in [1.807, 2.05) is 83.6 Å². The molecule has 0 saturated carbocycles. The van der Waals surface area contributed by atoms with E-state index >= 15 is 35.1 Å². The van der Waals surface area contributed by atoms with Crippen LogP contribution in [0.4, 0.5) is 87.8 Å². The van der Waals surface area contributed by atoms with Crippen molar-refractivity contribution in [3.8, 4) is 0 Å². The second-order valence-electron chi connectivity index (χ2n) is 16.0. The van der Waals surface area contributed by atoms with Crippen molar-refractivity contribution in [2.75, 3.05) is 0 Å². The van der Waals surface area contributed by atoms with Crippen LogP contribution in [0, 0.1) is 116 Å². The second kappa shape index (κ2) is 19.6. The van der Waals surface area contributed by atoms with Gasteiger partial charge in [-0.3, -0.25) is 4.79 Å². The number of pyridine rings is 1. The van der Waals surface area contributed by atoms with Crippen LogP contribution >= 0.6 is 0 Å².